The highest BCUT2D eigenvalue weighted by atomic mass is 19.1. The van der Waals surface area contributed by atoms with Gasteiger partial charge >= 0.3 is 0 Å². The van der Waals surface area contributed by atoms with E-state index in [9.17, 15) is 4.39 Å². The van der Waals surface area contributed by atoms with Gasteiger partial charge in [-0.2, -0.15) is 5.10 Å². The Balaban J connectivity index is 2.06. The molecule has 0 radical (unpaired) electrons. The van der Waals surface area contributed by atoms with Crippen molar-refractivity contribution in [2.45, 2.75) is 45.9 Å². The molecule has 5 nitrogen and oxygen atoms in total. The highest BCUT2D eigenvalue weighted by Crippen LogP contribution is 2.19. The first kappa shape index (κ1) is 15.4. The van der Waals surface area contributed by atoms with Crippen molar-refractivity contribution in [3.63, 3.8) is 0 Å². The van der Waals surface area contributed by atoms with E-state index in [1.807, 2.05) is 19.9 Å². The molecule has 0 aliphatic carbocycles. The van der Waals surface area contributed by atoms with Crippen molar-refractivity contribution in [1.29, 1.82) is 0 Å². The predicted molar refractivity (Wildman–Crippen MR) is 78.4 cm³/mol. The van der Waals surface area contributed by atoms with Gasteiger partial charge in [0.15, 0.2) is 5.82 Å². The second-order valence-electron chi connectivity index (χ2n) is 4.95. The van der Waals surface area contributed by atoms with Gasteiger partial charge in [0.05, 0.1) is 0 Å². The Bertz CT molecular complexity index is 585. The minimum Gasteiger partial charge on any atom is -0.486 e. The van der Waals surface area contributed by atoms with Gasteiger partial charge in [-0.25, -0.2) is 14.1 Å². The van der Waals surface area contributed by atoms with Crippen LogP contribution in [0.5, 0.6) is 5.75 Å². The molecular weight excluding hydrogens is 271 g/mol. The van der Waals surface area contributed by atoms with Crippen molar-refractivity contribution in [3.8, 4) is 5.75 Å². The maximum atomic E-state index is 13.6. The molecule has 0 aliphatic heterocycles. The standard InChI is InChI=1S/C15H21FN4O/c1-3-13(17)6-11-5-12(16)8-14(7-11)21-9-15-18-10-19-20(15)4-2/h5,7-8,10,13H,3-4,6,9,17H2,1-2H3. The predicted octanol–water partition coefficient (Wildman–Crippen LogP) is 2.30. The maximum absolute atomic E-state index is 13.6. The summed E-state index contributed by atoms with van der Waals surface area (Å²) < 4.78 is 21.0. The Kier molecular flexibility index (Phi) is 5.27. The van der Waals surface area contributed by atoms with Gasteiger partial charge in [-0.3, -0.25) is 0 Å². The largest absolute Gasteiger partial charge is 0.486 e. The van der Waals surface area contributed by atoms with E-state index in [-0.39, 0.29) is 18.5 Å². The summed E-state index contributed by atoms with van der Waals surface area (Å²) in [4.78, 5) is 4.12. The third kappa shape index (κ3) is 4.26. The van der Waals surface area contributed by atoms with Gasteiger partial charge in [0, 0.05) is 18.7 Å². The molecule has 2 aromatic rings. The molecule has 1 aromatic heterocycles. The van der Waals surface area contributed by atoms with E-state index in [2.05, 4.69) is 10.1 Å². The number of hydrogen-bond donors (Lipinski definition) is 1. The zero-order chi connectivity index (χ0) is 15.2. The molecule has 0 bridgehead atoms. The van der Waals surface area contributed by atoms with Crippen molar-refractivity contribution in [3.05, 3.63) is 41.7 Å². The number of hydrogen-bond acceptors (Lipinski definition) is 4. The van der Waals surface area contributed by atoms with Crippen LogP contribution in [0.4, 0.5) is 4.39 Å². The normalized spacial score (nSPS) is 12.4. The Morgan fingerprint density at radius 1 is 1.33 bits per heavy atom. The monoisotopic (exact) mass is 292 g/mol. The molecule has 2 rings (SSSR count). The van der Waals surface area contributed by atoms with Crippen molar-refractivity contribution < 1.29 is 9.13 Å². The lowest BCUT2D eigenvalue weighted by Gasteiger charge is -2.11. The Morgan fingerprint density at radius 3 is 2.86 bits per heavy atom. The molecule has 1 aromatic carbocycles. The summed E-state index contributed by atoms with van der Waals surface area (Å²) in [5, 5.41) is 4.07. The minimum atomic E-state index is -0.317. The fourth-order valence-electron chi connectivity index (χ4n) is 2.08. The van der Waals surface area contributed by atoms with Gasteiger partial charge < -0.3 is 10.5 Å². The topological polar surface area (TPSA) is 66.0 Å². The van der Waals surface area contributed by atoms with Gasteiger partial charge in [0.1, 0.15) is 24.5 Å². The number of nitrogens with zero attached hydrogens (tertiary/aromatic N) is 3. The van der Waals surface area contributed by atoms with Gasteiger partial charge in [-0.05, 0) is 37.5 Å². The molecular formula is C15H21FN4O. The van der Waals surface area contributed by atoms with Crippen LogP contribution in [0.1, 0.15) is 31.7 Å². The van der Waals surface area contributed by atoms with Crippen LogP contribution in [0.3, 0.4) is 0 Å². The fraction of sp³-hybridized carbons (Fsp3) is 0.467. The number of rotatable bonds is 7. The number of aromatic nitrogens is 3. The average Bonchev–Trinajstić information content (AvgIpc) is 2.91. The Labute approximate surface area is 123 Å². The van der Waals surface area contributed by atoms with Crippen molar-refractivity contribution in [2.75, 3.05) is 0 Å². The quantitative estimate of drug-likeness (QED) is 0.850. The van der Waals surface area contributed by atoms with Gasteiger partial charge in [0.2, 0.25) is 0 Å². The third-order valence-corrected chi connectivity index (χ3v) is 3.32. The van der Waals surface area contributed by atoms with E-state index >= 15 is 0 Å². The molecule has 6 heteroatoms. The van der Waals surface area contributed by atoms with Crippen LogP contribution in [-0.2, 0) is 19.6 Å². The van der Waals surface area contributed by atoms with Gasteiger partial charge in [-0.1, -0.05) is 6.92 Å². The van der Waals surface area contributed by atoms with Crippen LogP contribution in [0.2, 0.25) is 0 Å². The lowest BCUT2D eigenvalue weighted by atomic mass is 10.0. The molecule has 1 atom stereocenters. The first-order chi connectivity index (χ1) is 10.1. The van der Waals surface area contributed by atoms with Gasteiger partial charge in [0.25, 0.3) is 0 Å². The summed E-state index contributed by atoms with van der Waals surface area (Å²) in [6, 6.07) is 4.72. The number of nitrogens with two attached hydrogens (primary N) is 1. The Morgan fingerprint density at radius 2 is 2.14 bits per heavy atom. The van der Waals surface area contributed by atoms with E-state index in [4.69, 9.17) is 10.5 Å². The van der Waals surface area contributed by atoms with E-state index < -0.39 is 0 Å². The summed E-state index contributed by atoms with van der Waals surface area (Å²) in [6.45, 7) is 4.97. The number of aryl methyl sites for hydroxylation is 1. The van der Waals surface area contributed by atoms with E-state index in [1.165, 1.54) is 18.5 Å². The molecule has 1 heterocycles. The fourth-order valence-corrected chi connectivity index (χ4v) is 2.08. The first-order valence-electron chi connectivity index (χ1n) is 7.16. The highest BCUT2D eigenvalue weighted by molar-refractivity contribution is 5.30. The molecule has 1 unspecified atom stereocenters. The first-order valence-corrected chi connectivity index (χ1v) is 7.16. The summed E-state index contributed by atoms with van der Waals surface area (Å²) in [6.07, 6.45) is 2.97. The van der Waals surface area contributed by atoms with Crippen molar-refractivity contribution >= 4 is 0 Å². The summed E-state index contributed by atoms with van der Waals surface area (Å²) >= 11 is 0. The van der Waals surface area contributed by atoms with E-state index in [1.54, 1.807) is 4.68 Å². The van der Waals surface area contributed by atoms with E-state index in [0.29, 0.717) is 18.0 Å². The highest BCUT2D eigenvalue weighted by Gasteiger charge is 2.08. The molecule has 0 saturated heterocycles. The molecule has 0 amide bonds. The van der Waals surface area contributed by atoms with Crippen LogP contribution in [-0.4, -0.2) is 20.8 Å². The maximum Gasteiger partial charge on any atom is 0.164 e. The van der Waals surface area contributed by atoms with Crippen LogP contribution >= 0.6 is 0 Å². The van der Waals surface area contributed by atoms with Crippen LogP contribution in [0.15, 0.2) is 24.5 Å². The zero-order valence-electron chi connectivity index (χ0n) is 12.4. The van der Waals surface area contributed by atoms with Crippen LogP contribution < -0.4 is 10.5 Å². The SMILES string of the molecule is CCC(N)Cc1cc(F)cc(OCc2ncnn2CC)c1. The lowest BCUT2D eigenvalue weighted by molar-refractivity contribution is 0.285. The molecule has 2 N–H and O–H groups in total. The van der Waals surface area contributed by atoms with Crippen LogP contribution in [0, 0.1) is 5.82 Å². The Hall–Kier alpha value is -1.95. The third-order valence-electron chi connectivity index (χ3n) is 3.32. The average molecular weight is 292 g/mol. The van der Waals surface area contributed by atoms with Crippen molar-refractivity contribution in [2.24, 2.45) is 5.73 Å². The molecule has 0 fully saturated rings. The molecule has 0 saturated carbocycles. The second-order valence-corrected chi connectivity index (χ2v) is 4.95. The summed E-state index contributed by atoms with van der Waals surface area (Å²) in [7, 11) is 0. The molecule has 114 valence electrons. The smallest absolute Gasteiger partial charge is 0.164 e. The van der Waals surface area contributed by atoms with E-state index in [0.717, 1.165) is 18.5 Å². The van der Waals surface area contributed by atoms with Gasteiger partial charge in [-0.15, -0.1) is 0 Å². The summed E-state index contributed by atoms with van der Waals surface area (Å²) in [5.74, 6) is 0.885. The molecule has 0 aliphatic rings. The number of benzene rings is 1. The molecule has 0 spiro atoms. The molecule has 21 heavy (non-hydrogen) atoms. The summed E-state index contributed by atoms with van der Waals surface area (Å²) in [5.41, 5.74) is 6.75. The zero-order valence-corrected chi connectivity index (χ0v) is 12.4. The second kappa shape index (κ2) is 7.17. The van der Waals surface area contributed by atoms with Crippen molar-refractivity contribution in [1.82, 2.24) is 14.8 Å². The minimum absolute atomic E-state index is 0.0304. The lowest BCUT2D eigenvalue weighted by Crippen LogP contribution is -2.21. The number of ether oxygens (including phenoxy) is 1. The van der Waals surface area contributed by atoms with Crippen LogP contribution in [0.25, 0.3) is 0 Å². The number of halogens is 1.